The van der Waals surface area contributed by atoms with E-state index in [0.717, 1.165) is 5.56 Å². The smallest absolute Gasteiger partial charge is 0.310 e. The summed E-state index contributed by atoms with van der Waals surface area (Å²) in [5.74, 6) is -1.57. The molecular weight excluding hydrogens is 314 g/mol. The molecule has 0 saturated carbocycles. The number of carboxylic acid groups (broad SMARTS) is 1. The number of fused-ring (bicyclic) bond motifs is 3. The molecule has 126 valence electrons. The Labute approximate surface area is 138 Å². The summed E-state index contributed by atoms with van der Waals surface area (Å²) in [6, 6.07) is 5.18. The first-order chi connectivity index (χ1) is 11.5. The Hall–Kier alpha value is -2.54. The number of rotatable bonds is 4. The van der Waals surface area contributed by atoms with Crippen LogP contribution >= 0.6 is 0 Å². The molecule has 0 spiro atoms. The number of ether oxygens (including phenoxy) is 3. The molecule has 1 aromatic rings. The van der Waals surface area contributed by atoms with Gasteiger partial charge < -0.3 is 24.6 Å². The second kappa shape index (κ2) is 5.52. The molecule has 0 radical (unpaired) electrons. The van der Waals surface area contributed by atoms with Crippen LogP contribution in [0.1, 0.15) is 18.5 Å². The van der Waals surface area contributed by atoms with Crippen LogP contribution in [-0.4, -0.2) is 36.0 Å². The third-order valence-electron chi connectivity index (χ3n) is 4.74. The van der Waals surface area contributed by atoms with Crippen LogP contribution in [0.15, 0.2) is 30.4 Å². The molecule has 24 heavy (non-hydrogen) atoms. The lowest BCUT2D eigenvalue weighted by atomic mass is 9.82. The van der Waals surface area contributed by atoms with E-state index in [1.165, 1.54) is 0 Å². The van der Waals surface area contributed by atoms with Gasteiger partial charge in [-0.2, -0.15) is 0 Å². The number of benzene rings is 1. The van der Waals surface area contributed by atoms with Crippen LogP contribution in [-0.2, 0) is 14.3 Å². The fourth-order valence-corrected chi connectivity index (χ4v) is 3.49. The van der Waals surface area contributed by atoms with Gasteiger partial charge >= 0.3 is 5.97 Å². The molecule has 5 atom stereocenters. The Morgan fingerprint density at radius 3 is 2.62 bits per heavy atom. The van der Waals surface area contributed by atoms with Crippen molar-refractivity contribution in [1.82, 2.24) is 5.32 Å². The molecule has 0 aromatic heterocycles. The molecule has 0 unspecified atom stereocenters. The maximum absolute atomic E-state index is 12.6. The average Bonchev–Trinajstić information content (AvgIpc) is 3.28. The Balaban J connectivity index is 1.49. The van der Waals surface area contributed by atoms with Crippen LogP contribution in [0, 0.1) is 11.8 Å². The molecule has 1 saturated heterocycles. The molecule has 0 aliphatic carbocycles. The zero-order valence-electron chi connectivity index (χ0n) is 13.0. The zero-order chi connectivity index (χ0) is 16.8. The normalized spacial score (nSPS) is 30.4. The quantitative estimate of drug-likeness (QED) is 0.807. The van der Waals surface area contributed by atoms with Crippen molar-refractivity contribution < 1.29 is 28.9 Å². The highest BCUT2D eigenvalue weighted by atomic mass is 16.7. The van der Waals surface area contributed by atoms with Crippen molar-refractivity contribution in [3.8, 4) is 11.5 Å². The number of nitrogens with one attached hydrogen (secondary N) is 1. The van der Waals surface area contributed by atoms with Crippen molar-refractivity contribution >= 4 is 11.9 Å². The maximum Gasteiger partial charge on any atom is 0.310 e. The van der Waals surface area contributed by atoms with E-state index in [9.17, 15) is 14.7 Å². The van der Waals surface area contributed by atoms with Gasteiger partial charge in [0.1, 0.15) is 5.92 Å². The van der Waals surface area contributed by atoms with Gasteiger partial charge in [0.15, 0.2) is 11.5 Å². The van der Waals surface area contributed by atoms with Gasteiger partial charge in [0.05, 0.1) is 24.2 Å². The van der Waals surface area contributed by atoms with Crippen molar-refractivity contribution in [3.05, 3.63) is 35.9 Å². The lowest BCUT2D eigenvalue weighted by Crippen LogP contribution is -2.43. The third kappa shape index (κ3) is 2.32. The van der Waals surface area contributed by atoms with Gasteiger partial charge in [0.25, 0.3) is 0 Å². The van der Waals surface area contributed by atoms with Gasteiger partial charge in [-0.05, 0) is 24.6 Å². The van der Waals surface area contributed by atoms with Crippen LogP contribution in [0.3, 0.4) is 0 Å². The molecule has 1 amide bonds. The van der Waals surface area contributed by atoms with Crippen molar-refractivity contribution in [2.75, 3.05) is 6.79 Å². The molecule has 1 fully saturated rings. The van der Waals surface area contributed by atoms with Crippen LogP contribution < -0.4 is 14.8 Å². The summed E-state index contributed by atoms with van der Waals surface area (Å²) in [6.45, 7) is 2.03. The molecule has 1 aromatic carbocycles. The third-order valence-corrected chi connectivity index (χ3v) is 4.74. The van der Waals surface area contributed by atoms with E-state index in [2.05, 4.69) is 5.32 Å². The summed E-state index contributed by atoms with van der Waals surface area (Å²) in [5.41, 5.74) is 0.860. The maximum atomic E-state index is 12.6. The lowest BCUT2D eigenvalue weighted by Gasteiger charge is -2.23. The van der Waals surface area contributed by atoms with Gasteiger partial charge in [-0.1, -0.05) is 18.2 Å². The van der Waals surface area contributed by atoms with E-state index in [1.54, 1.807) is 18.2 Å². The predicted molar refractivity (Wildman–Crippen MR) is 81.5 cm³/mol. The number of hydrogen-bond donors (Lipinski definition) is 2. The summed E-state index contributed by atoms with van der Waals surface area (Å²) in [5, 5.41) is 12.3. The zero-order valence-corrected chi connectivity index (χ0v) is 13.0. The van der Waals surface area contributed by atoms with E-state index in [1.807, 2.05) is 19.1 Å². The molecule has 3 aliphatic heterocycles. The number of amides is 1. The minimum Gasteiger partial charge on any atom is -0.481 e. The number of carboxylic acids is 1. The predicted octanol–water partition coefficient (Wildman–Crippen LogP) is 1.25. The fraction of sp³-hybridized carbons (Fsp3) is 0.412. The highest BCUT2D eigenvalue weighted by molar-refractivity contribution is 5.87. The largest absolute Gasteiger partial charge is 0.481 e. The standard InChI is InChI=1S/C17H17NO6/c1-8(9-2-3-10-13(6-9)23-7-22-10)18-16(19)14-11-4-5-12(24-11)15(14)17(20)21/h2-6,8,11-12,14-15H,7H2,1H3,(H,18,19)(H,20,21)/t8-,11+,12+,14+,15+/m0/s1. The van der Waals surface area contributed by atoms with Crippen molar-refractivity contribution in [2.24, 2.45) is 11.8 Å². The number of aliphatic carboxylic acids is 1. The van der Waals surface area contributed by atoms with Crippen LogP contribution in [0.2, 0.25) is 0 Å². The number of carbonyl (C=O) groups excluding carboxylic acids is 1. The highest BCUT2D eigenvalue weighted by Crippen LogP contribution is 2.40. The monoisotopic (exact) mass is 331 g/mol. The Bertz CT molecular complexity index is 730. The molecule has 2 bridgehead atoms. The van der Waals surface area contributed by atoms with E-state index in [4.69, 9.17) is 14.2 Å². The second-order valence-corrected chi connectivity index (χ2v) is 6.18. The molecule has 3 aliphatic rings. The van der Waals surface area contributed by atoms with Crippen LogP contribution in [0.25, 0.3) is 0 Å². The Kier molecular flexibility index (Phi) is 3.45. The SMILES string of the molecule is C[C@H](NC(=O)[C@H]1[C@H](C(=O)O)[C@H]2C=C[C@H]1O2)c1ccc2c(c1)OCO2. The Morgan fingerprint density at radius 1 is 1.17 bits per heavy atom. The first-order valence-electron chi connectivity index (χ1n) is 7.81. The Morgan fingerprint density at radius 2 is 1.88 bits per heavy atom. The van der Waals surface area contributed by atoms with Crippen molar-refractivity contribution in [1.29, 1.82) is 0 Å². The van der Waals surface area contributed by atoms with Crippen molar-refractivity contribution in [3.63, 3.8) is 0 Å². The summed E-state index contributed by atoms with van der Waals surface area (Å²) < 4.78 is 16.1. The lowest BCUT2D eigenvalue weighted by molar-refractivity contribution is -0.146. The summed E-state index contributed by atoms with van der Waals surface area (Å²) in [4.78, 5) is 24.1. The van der Waals surface area contributed by atoms with Gasteiger partial charge in [0.2, 0.25) is 12.7 Å². The summed E-state index contributed by atoms with van der Waals surface area (Å²) in [7, 11) is 0. The fourth-order valence-electron chi connectivity index (χ4n) is 3.49. The summed E-state index contributed by atoms with van der Waals surface area (Å²) >= 11 is 0. The highest BCUT2D eigenvalue weighted by Gasteiger charge is 2.53. The topological polar surface area (TPSA) is 94.1 Å². The minimum atomic E-state index is -1.01. The first kappa shape index (κ1) is 15.0. The van der Waals surface area contributed by atoms with Crippen LogP contribution in [0.5, 0.6) is 11.5 Å². The van der Waals surface area contributed by atoms with Gasteiger partial charge in [-0.15, -0.1) is 0 Å². The number of hydrogen-bond acceptors (Lipinski definition) is 5. The molecule has 3 heterocycles. The van der Waals surface area contributed by atoms with Gasteiger partial charge in [-0.3, -0.25) is 9.59 Å². The second-order valence-electron chi connectivity index (χ2n) is 6.18. The van der Waals surface area contributed by atoms with Gasteiger partial charge in [0, 0.05) is 0 Å². The average molecular weight is 331 g/mol. The van der Waals surface area contributed by atoms with Crippen LogP contribution in [0.4, 0.5) is 0 Å². The first-order valence-corrected chi connectivity index (χ1v) is 7.81. The number of carbonyl (C=O) groups is 2. The molecule has 2 N–H and O–H groups in total. The van der Waals surface area contributed by atoms with E-state index in [-0.39, 0.29) is 18.7 Å². The van der Waals surface area contributed by atoms with E-state index in [0.29, 0.717) is 11.5 Å². The van der Waals surface area contributed by atoms with E-state index < -0.39 is 30.0 Å². The van der Waals surface area contributed by atoms with E-state index >= 15 is 0 Å². The summed E-state index contributed by atoms with van der Waals surface area (Å²) in [6.07, 6.45) is 2.48. The van der Waals surface area contributed by atoms with Gasteiger partial charge in [-0.25, -0.2) is 0 Å². The minimum absolute atomic E-state index is 0.189. The molecule has 7 heteroatoms. The molecule has 7 nitrogen and oxygen atoms in total. The van der Waals surface area contributed by atoms with Crippen molar-refractivity contribution in [2.45, 2.75) is 25.2 Å². The molecule has 4 rings (SSSR count). The molecular formula is C17H17NO6.